The van der Waals surface area contributed by atoms with Gasteiger partial charge >= 0.3 is 0 Å². The highest BCUT2D eigenvalue weighted by atomic mass is 35.5. The van der Waals surface area contributed by atoms with E-state index in [1.807, 2.05) is 18.2 Å². The van der Waals surface area contributed by atoms with E-state index >= 15 is 0 Å². The summed E-state index contributed by atoms with van der Waals surface area (Å²) in [6.45, 7) is 0.780. The van der Waals surface area contributed by atoms with Crippen LogP contribution in [0, 0.1) is 0 Å². The number of rotatable bonds is 5. The van der Waals surface area contributed by atoms with Gasteiger partial charge < -0.3 is 9.30 Å². The molecule has 0 atom stereocenters. The lowest BCUT2D eigenvalue weighted by Gasteiger charge is -2.05. The van der Waals surface area contributed by atoms with Crippen LogP contribution in [0.2, 0.25) is 5.02 Å². The number of hydrogen-bond acceptors (Lipinski definition) is 4. The quantitative estimate of drug-likeness (QED) is 0.643. The van der Waals surface area contributed by atoms with Gasteiger partial charge in [-0.2, -0.15) is 16.8 Å². The fourth-order valence-corrected chi connectivity index (χ4v) is 4.11. The van der Waals surface area contributed by atoms with Crippen LogP contribution in [0.1, 0.15) is 10.4 Å². The third kappa shape index (κ3) is 3.92. The summed E-state index contributed by atoms with van der Waals surface area (Å²) < 4.78 is 8.40. The number of carbonyl (C=O) groups excluding carboxylic acids is 1. The monoisotopic (exact) mass is 392 g/mol. The van der Waals surface area contributed by atoms with Gasteiger partial charge in [0.15, 0.2) is 4.80 Å². The van der Waals surface area contributed by atoms with Gasteiger partial charge in [-0.1, -0.05) is 35.1 Å². The Balaban J connectivity index is 2.13. The smallest absolute Gasteiger partial charge is 0.281 e. The molecule has 0 aliphatic rings. The lowest BCUT2D eigenvalue weighted by molar-refractivity contribution is 0.0998. The van der Waals surface area contributed by atoms with Crippen LogP contribution in [-0.2, 0) is 6.54 Å². The number of benzene rings is 2. The first-order valence-electron chi connectivity index (χ1n) is 7.64. The van der Waals surface area contributed by atoms with Crippen molar-refractivity contribution in [2.75, 3.05) is 19.1 Å². The number of thioether (sulfide) groups is 1. The zero-order chi connectivity index (χ0) is 17.8. The van der Waals surface area contributed by atoms with Gasteiger partial charge in [0.05, 0.1) is 27.9 Å². The molecule has 0 aliphatic heterocycles. The Morgan fingerprint density at radius 1 is 1.32 bits per heavy atom. The van der Waals surface area contributed by atoms with Crippen molar-refractivity contribution < 1.29 is 9.53 Å². The molecule has 1 aromatic heterocycles. The lowest BCUT2D eigenvalue weighted by Crippen LogP contribution is -2.18. The average Bonchev–Trinajstić information content (AvgIpc) is 2.96. The van der Waals surface area contributed by atoms with Gasteiger partial charge in [-0.15, -0.1) is 0 Å². The van der Waals surface area contributed by atoms with Crippen LogP contribution in [0.3, 0.4) is 0 Å². The zero-order valence-electron chi connectivity index (χ0n) is 13.9. The van der Waals surface area contributed by atoms with Gasteiger partial charge in [0, 0.05) is 12.3 Å². The van der Waals surface area contributed by atoms with Crippen LogP contribution in [-0.4, -0.2) is 29.6 Å². The van der Waals surface area contributed by atoms with E-state index in [4.69, 9.17) is 16.3 Å². The van der Waals surface area contributed by atoms with E-state index in [0.717, 1.165) is 28.3 Å². The minimum absolute atomic E-state index is 0.331. The molecule has 2 aromatic carbocycles. The Morgan fingerprint density at radius 3 is 2.84 bits per heavy atom. The van der Waals surface area contributed by atoms with Crippen LogP contribution in [0.4, 0.5) is 0 Å². The van der Waals surface area contributed by atoms with Crippen molar-refractivity contribution in [3.05, 3.63) is 57.9 Å². The molecule has 3 aromatic rings. The highest BCUT2D eigenvalue weighted by Gasteiger charge is 2.12. The van der Waals surface area contributed by atoms with E-state index in [2.05, 4.69) is 15.8 Å². The topological polar surface area (TPSA) is 43.6 Å². The third-order valence-corrected chi connectivity index (χ3v) is 5.67. The highest BCUT2D eigenvalue weighted by molar-refractivity contribution is 7.98. The van der Waals surface area contributed by atoms with Gasteiger partial charge in [-0.25, -0.2) is 0 Å². The Labute approximate surface area is 159 Å². The van der Waals surface area contributed by atoms with E-state index in [9.17, 15) is 4.79 Å². The number of fused-ring (bicyclic) bond motifs is 1. The number of carbonyl (C=O) groups is 1. The number of aryl methyl sites for hydroxylation is 1. The summed E-state index contributed by atoms with van der Waals surface area (Å²) in [6, 6.07) is 12.9. The normalized spacial score (nSPS) is 11.9. The van der Waals surface area contributed by atoms with E-state index in [0.29, 0.717) is 15.4 Å². The highest BCUT2D eigenvalue weighted by Crippen LogP contribution is 2.24. The molecule has 0 spiro atoms. The zero-order valence-corrected chi connectivity index (χ0v) is 16.2. The first-order valence-corrected chi connectivity index (χ1v) is 10.2. The van der Waals surface area contributed by atoms with Crippen LogP contribution in [0.15, 0.2) is 47.5 Å². The molecule has 0 unspecified atom stereocenters. The fraction of sp³-hybridized carbons (Fsp3) is 0.222. The second-order valence-electron chi connectivity index (χ2n) is 5.26. The van der Waals surface area contributed by atoms with Crippen LogP contribution >= 0.6 is 34.7 Å². The molecular formula is C18H17ClN2O2S2. The Bertz CT molecular complexity index is 979. The standard InChI is InChI=1S/C18H17ClN2O2S2/c1-23-12-7-8-15-16(11-12)25-18(21(15)9-10-24-2)20-17(22)13-5-3-4-6-14(13)19/h3-8,11H,9-10H2,1-2H3. The molecule has 1 amide bonds. The molecule has 130 valence electrons. The molecular weight excluding hydrogens is 376 g/mol. The van der Waals surface area contributed by atoms with Gasteiger partial charge in [-0.05, 0) is 36.6 Å². The van der Waals surface area contributed by atoms with Crippen molar-refractivity contribution in [3.63, 3.8) is 0 Å². The number of thiazole rings is 1. The first-order chi connectivity index (χ1) is 12.1. The fourth-order valence-electron chi connectivity index (χ4n) is 2.45. The van der Waals surface area contributed by atoms with Crippen molar-refractivity contribution in [2.45, 2.75) is 6.54 Å². The number of hydrogen-bond donors (Lipinski definition) is 0. The third-order valence-electron chi connectivity index (χ3n) is 3.71. The lowest BCUT2D eigenvalue weighted by atomic mass is 10.2. The molecule has 3 rings (SSSR count). The summed E-state index contributed by atoms with van der Waals surface area (Å²) in [4.78, 5) is 17.6. The molecule has 0 aliphatic carbocycles. The van der Waals surface area contributed by atoms with E-state index in [-0.39, 0.29) is 5.91 Å². The summed E-state index contributed by atoms with van der Waals surface area (Å²) >= 11 is 9.35. The predicted molar refractivity (Wildman–Crippen MR) is 106 cm³/mol. The predicted octanol–water partition coefficient (Wildman–Crippen LogP) is 4.47. The average molecular weight is 393 g/mol. The summed E-state index contributed by atoms with van der Waals surface area (Å²) in [5.74, 6) is 1.39. The SMILES string of the molecule is COc1ccc2c(c1)sc(=NC(=O)c1ccccc1Cl)n2CCSC. The van der Waals surface area contributed by atoms with E-state index in [1.165, 1.54) is 11.3 Å². The van der Waals surface area contributed by atoms with E-state index in [1.54, 1.807) is 43.1 Å². The van der Waals surface area contributed by atoms with Crippen LogP contribution in [0.25, 0.3) is 10.2 Å². The number of ether oxygens (including phenoxy) is 1. The molecule has 7 heteroatoms. The maximum absolute atomic E-state index is 12.6. The summed E-state index contributed by atoms with van der Waals surface area (Å²) in [5, 5.41) is 0.412. The van der Waals surface area contributed by atoms with Crippen LogP contribution < -0.4 is 9.54 Å². The number of aromatic nitrogens is 1. The largest absolute Gasteiger partial charge is 0.497 e. The van der Waals surface area contributed by atoms with E-state index < -0.39 is 0 Å². The first kappa shape index (κ1) is 18.0. The summed E-state index contributed by atoms with van der Waals surface area (Å²) in [5.41, 5.74) is 1.46. The van der Waals surface area contributed by atoms with Gasteiger partial charge in [0.25, 0.3) is 5.91 Å². The second kappa shape index (κ2) is 8.08. The molecule has 25 heavy (non-hydrogen) atoms. The minimum Gasteiger partial charge on any atom is -0.497 e. The number of halogens is 1. The summed E-state index contributed by atoms with van der Waals surface area (Å²) in [6.07, 6.45) is 2.06. The Morgan fingerprint density at radius 2 is 2.12 bits per heavy atom. The maximum atomic E-state index is 12.6. The van der Waals surface area contributed by atoms with Gasteiger partial charge in [-0.3, -0.25) is 4.79 Å². The molecule has 0 bridgehead atoms. The Kier molecular flexibility index (Phi) is 5.83. The number of amides is 1. The molecule has 0 saturated heterocycles. The molecule has 0 N–H and O–H groups in total. The maximum Gasteiger partial charge on any atom is 0.281 e. The molecule has 1 heterocycles. The second-order valence-corrected chi connectivity index (χ2v) is 7.66. The molecule has 0 saturated carbocycles. The van der Waals surface area contributed by atoms with Crippen LogP contribution in [0.5, 0.6) is 5.75 Å². The summed E-state index contributed by atoms with van der Waals surface area (Å²) in [7, 11) is 1.64. The van der Waals surface area contributed by atoms with Crippen molar-refractivity contribution in [1.29, 1.82) is 0 Å². The van der Waals surface area contributed by atoms with Crippen molar-refractivity contribution in [3.8, 4) is 5.75 Å². The van der Waals surface area contributed by atoms with Crippen molar-refractivity contribution in [1.82, 2.24) is 4.57 Å². The molecule has 0 fully saturated rings. The number of nitrogens with zero attached hydrogens (tertiary/aromatic N) is 2. The van der Waals surface area contributed by atoms with Crippen molar-refractivity contribution in [2.24, 2.45) is 4.99 Å². The minimum atomic E-state index is -0.331. The molecule has 0 radical (unpaired) electrons. The number of methoxy groups -OCH3 is 1. The van der Waals surface area contributed by atoms with Crippen molar-refractivity contribution >= 4 is 50.8 Å². The van der Waals surface area contributed by atoms with Gasteiger partial charge in [0.2, 0.25) is 0 Å². The molecule has 4 nitrogen and oxygen atoms in total. The Hall–Kier alpha value is -1.76. The van der Waals surface area contributed by atoms with Gasteiger partial charge in [0.1, 0.15) is 5.75 Å².